The summed E-state index contributed by atoms with van der Waals surface area (Å²) in [6, 6.07) is 14.5. The van der Waals surface area contributed by atoms with Gasteiger partial charge in [0.25, 0.3) is 5.78 Å². The molecule has 0 bridgehead atoms. The first-order valence-electron chi connectivity index (χ1n) is 6.38. The van der Waals surface area contributed by atoms with Crippen molar-refractivity contribution >= 4 is 17.4 Å². The summed E-state index contributed by atoms with van der Waals surface area (Å²) in [6.07, 6.45) is -0.657. The molecule has 4 heteroatoms. The zero-order valence-electron chi connectivity index (χ0n) is 11.0. The zero-order valence-corrected chi connectivity index (χ0v) is 11.0. The van der Waals surface area contributed by atoms with E-state index in [2.05, 4.69) is 0 Å². The molecule has 0 saturated heterocycles. The van der Waals surface area contributed by atoms with Gasteiger partial charge in [0, 0.05) is 0 Å². The van der Waals surface area contributed by atoms with Crippen molar-refractivity contribution in [2.75, 3.05) is 4.90 Å². The quantitative estimate of drug-likeness (QED) is 0.847. The van der Waals surface area contributed by atoms with Crippen molar-refractivity contribution in [3.63, 3.8) is 0 Å². The summed E-state index contributed by atoms with van der Waals surface area (Å²) in [4.78, 5) is 25.5. The summed E-state index contributed by atoms with van der Waals surface area (Å²) in [5.74, 6) is -1.07. The summed E-state index contributed by atoms with van der Waals surface area (Å²) >= 11 is 0. The summed E-state index contributed by atoms with van der Waals surface area (Å²) < 4.78 is 0. The van der Waals surface area contributed by atoms with Crippen LogP contribution in [0.1, 0.15) is 27.7 Å². The Morgan fingerprint density at radius 2 is 1.65 bits per heavy atom. The van der Waals surface area contributed by atoms with Gasteiger partial charge in [0.2, 0.25) is 0 Å². The molecule has 4 nitrogen and oxygen atoms in total. The van der Waals surface area contributed by atoms with Crippen molar-refractivity contribution < 1.29 is 9.59 Å². The lowest BCUT2D eigenvalue weighted by Crippen LogP contribution is -2.38. The average Bonchev–Trinajstić information content (AvgIpc) is 2.72. The first-order valence-corrected chi connectivity index (χ1v) is 6.38. The molecule has 1 unspecified atom stereocenters. The molecule has 100 valence electrons. The van der Waals surface area contributed by atoms with Crippen molar-refractivity contribution in [2.24, 2.45) is 5.73 Å². The summed E-state index contributed by atoms with van der Waals surface area (Å²) in [6.45, 7) is 1.98. The molecule has 2 aromatic carbocycles. The third kappa shape index (κ3) is 1.82. The second-order valence-electron chi connectivity index (χ2n) is 4.88. The Balaban J connectivity index is 2.04. The number of carbonyl (C=O) groups excluding carboxylic acids is 2. The molecule has 1 heterocycles. The van der Waals surface area contributed by atoms with Crippen molar-refractivity contribution in [3.8, 4) is 0 Å². The lowest BCUT2D eigenvalue weighted by molar-refractivity contribution is -0.114. The van der Waals surface area contributed by atoms with Gasteiger partial charge >= 0.3 is 5.91 Å². The maximum absolute atomic E-state index is 12.1. The van der Waals surface area contributed by atoms with Gasteiger partial charge in [-0.15, -0.1) is 0 Å². The van der Waals surface area contributed by atoms with Crippen molar-refractivity contribution in [3.05, 3.63) is 65.2 Å². The standard InChI is InChI=1S/C16H14N2O2/c1-10-6-8-11(9-7-10)15(17)18-13-5-3-2-4-12(13)14(19)16(18)20/h2-9,15H,17H2,1H3. The van der Waals surface area contributed by atoms with Crippen LogP contribution in [0.4, 0.5) is 5.69 Å². The number of Topliss-reactive ketones (excluding diaryl/α,β-unsaturated/α-hetero) is 1. The third-order valence-corrected chi connectivity index (χ3v) is 3.52. The fraction of sp³-hybridized carbons (Fsp3) is 0.125. The molecule has 20 heavy (non-hydrogen) atoms. The number of benzene rings is 2. The fourth-order valence-corrected chi connectivity index (χ4v) is 2.40. The number of aryl methyl sites for hydroxylation is 1. The lowest BCUT2D eigenvalue weighted by Gasteiger charge is -2.24. The normalized spacial score (nSPS) is 15.4. The van der Waals surface area contributed by atoms with E-state index < -0.39 is 17.9 Å². The maximum atomic E-state index is 12.1. The maximum Gasteiger partial charge on any atom is 0.301 e. The van der Waals surface area contributed by atoms with E-state index >= 15 is 0 Å². The fourth-order valence-electron chi connectivity index (χ4n) is 2.40. The molecule has 0 aromatic heterocycles. The molecule has 0 aliphatic carbocycles. The Morgan fingerprint density at radius 3 is 2.35 bits per heavy atom. The summed E-state index contributed by atoms with van der Waals surface area (Å²) in [5, 5.41) is 0. The van der Waals surface area contributed by atoms with Crippen LogP contribution in [0.25, 0.3) is 0 Å². The molecule has 0 spiro atoms. The molecule has 0 radical (unpaired) electrons. The van der Waals surface area contributed by atoms with Crippen LogP contribution in [0.2, 0.25) is 0 Å². The highest BCUT2D eigenvalue weighted by Gasteiger charge is 2.38. The zero-order chi connectivity index (χ0) is 14.3. The van der Waals surface area contributed by atoms with E-state index in [-0.39, 0.29) is 0 Å². The van der Waals surface area contributed by atoms with Crippen LogP contribution in [0.3, 0.4) is 0 Å². The molecule has 3 rings (SSSR count). The number of carbonyl (C=O) groups is 2. The smallest absolute Gasteiger partial charge is 0.301 e. The monoisotopic (exact) mass is 266 g/mol. The number of fused-ring (bicyclic) bond motifs is 1. The van der Waals surface area contributed by atoms with Gasteiger partial charge in [-0.2, -0.15) is 0 Å². The number of nitrogens with zero attached hydrogens (tertiary/aromatic N) is 1. The Labute approximate surface area is 116 Å². The van der Waals surface area contributed by atoms with Crippen LogP contribution in [0.5, 0.6) is 0 Å². The largest absolute Gasteiger partial charge is 0.307 e. The first kappa shape index (κ1) is 12.6. The van der Waals surface area contributed by atoms with E-state index in [0.29, 0.717) is 11.3 Å². The topological polar surface area (TPSA) is 63.4 Å². The van der Waals surface area contributed by atoms with Crippen LogP contribution in [-0.4, -0.2) is 11.7 Å². The predicted octanol–water partition coefficient (Wildman–Crippen LogP) is 2.18. The van der Waals surface area contributed by atoms with E-state index in [4.69, 9.17) is 5.73 Å². The third-order valence-electron chi connectivity index (χ3n) is 3.52. The van der Waals surface area contributed by atoms with Crippen molar-refractivity contribution in [2.45, 2.75) is 13.1 Å². The molecule has 2 aromatic rings. The van der Waals surface area contributed by atoms with Gasteiger partial charge in [0.15, 0.2) is 0 Å². The predicted molar refractivity (Wildman–Crippen MR) is 76.4 cm³/mol. The van der Waals surface area contributed by atoms with E-state index in [1.54, 1.807) is 24.3 Å². The molecular formula is C16H14N2O2. The van der Waals surface area contributed by atoms with Crippen molar-refractivity contribution in [1.29, 1.82) is 0 Å². The molecule has 0 fully saturated rings. The first-order chi connectivity index (χ1) is 9.59. The Hall–Kier alpha value is -2.46. The molecule has 1 aliphatic heterocycles. The lowest BCUT2D eigenvalue weighted by atomic mass is 10.1. The Morgan fingerprint density at radius 1 is 1.00 bits per heavy atom. The van der Waals surface area contributed by atoms with Gasteiger partial charge in [-0.05, 0) is 24.6 Å². The highest BCUT2D eigenvalue weighted by molar-refractivity contribution is 6.52. The molecule has 0 saturated carbocycles. The number of rotatable bonds is 2. The van der Waals surface area contributed by atoms with Crippen LogP contribution < -0.4 is 10.6 Å². The minimum absolute atomic E-state index is 0.417. The average molecular weight is 266 g/mol. The number of ketones is 1. The number of amides is 1. The minimum Gasteiger partial charge on any atom is -0.307 e. The number of nitrogens with two attached hydrogens (primary N) is 1. The van der Waals surface area contributed by atoms with Crippen LogP contribution in [-0.2, 0) is 4.79 Å². The highest BCUT2D eigenvalue weighted by Crippen LogP contribution is 2.33. The van der Waals surface area contributed by atoms with Gasteiger partial charge in [-0.25, -0.2) is 0 Å². The SMILES string of the molecule is Cc1ccc(C(N)N2C(=O)C(=O)c3ccccc32)cc1. The second-order valence-corrected chi connectivity index (χ2v) is 4.88. The van der Waals surface area contributed by atoms with Gasteiger partial charge in [-0.1, -0.05) is 42.0 Å². The minimum atomic E-state index is -0.657. The Bertz CT molecular complexity index is 692. The van der Waals surface area contributed by atoms with Crippen LogP contribution in [0, 0.1) is 6.92 Å². The van der Waals surface area contributed by atoms with Crippen LogP contribution >= 0.6 is 0 Å². The highest BCUT2D eigenvalue weighted by atomic mass is 16.2. The summed E-state index contributed by atoms with van der Waals surface area (Å²) in [7, 11) is 0. The van der Waals surface area contributed by atoms with Crippen LogP contribution in [0.15, 0.2) is 48.5 Å². The molecule has 1 amide bonds. The molecular weight excluding hydrogens is 252 g/mol. The number of hydrogen-bond acceptors (Lipinski definition) is 3. The van der Waals surface area contributed by atoms with E-state index in [1.165, 1.54) is 4.90 Å². The Kier molecular flexibility index (Phi) is 2.88. The molecule has 1 aliphatic rings. The van der Waals surface area contributed by atoms with Gasteiger partial charge in [0.1, 0.15) is 6.17 Å². The van der Waals surface area contributed by atoms with Crippen molar-refractivity contribution in [1.82, 2.24) is 0 Å². The molecule has 1 atom stereocenters. The number of hydrogen-bond donors (Lipinski definition) is 1. The van der Waals surface area contributed by atoms with E-state index in [1.807, 2.05) is 31.2 Å². The van der Waals surface area contributed by atoms with Gasteiger partial charge < -0.3 is 5.73 Å². The van der Waals surface area contributed by atoms with Gasteiger partial charge in [-0.3, -0.25) is 14.5 Å². The number of anilines is 1. The van der Waals surface area contributed by atoms with Gasteiger partial charge in [0.05, 0.1) is 11.3 Å². The van der Waals surface area contributed by atoms with E-state index in [0.717, 1.165) is 11.1 Å². The number of para-hydroxylation sites is 1. The van der Waals surface area contributed by atoms with E-state index in [9.17, 15) is 9.59 Å². The second kappa shape index (κ2) is 4.58. The summed E-state index contributed by atoms with van der Waals surface area (Å²) in [5.41, 5.74) is 9.08. The molecule has 2 N–H and O–H groups in total.